The van der Waals surface area contributed by atoms with E-state index in [0.717, 1.165) is 23.1 Å². The summed E-state index contributed by atoms with van der Waals surface area (Å²) in [4.78, 5) is 0. The molecule has 2 rings (SSSR count). The second-order valence-electron chi connectivity index (χ2n) is 5.64. The van der Waals surface area contributed by atoms with E-state index in [0.29, 0.717) is 6.04 Å². The minimum atomic E-state index is 0.307. The molecule has 1 aromatic heterocycles. The Morgan fingerprint density at radius 1 is 1.29 bits per heavy atom. The van der Waals surface area contributed by atoms with Crippen molar-refractivity contribution in [3.05, 3.63) is 50.8 Å². The number of rotatable bonds is 5. The van der Waals surface area contributed by atoms with Gasteiger partial charge in [-0.1, -0.05) is 30.7 Å². The largest absolute Gasteiger partial charge is 0.310 e. The average Bonchev–Trinajstić information content (AvgIpc) is 2.65. The average molecular weight is 350 g/mol. The third-order valence-electron chi connectivity index (χ3n) is 3.91. The van der Waals surface area contributed by atoms with E-state index in [4.69, 9.17) is 0 Å². The number of halogens is 1. The number of benzene rings is 1. The lowest BCUT2D eigenvalue weighted by molar-refractivity contribution is 0.525. The van der Waals surface area contributed by atoms with Gasteiger partial charge in [0.05, 0.1) is 15.9 Å². The molecule has 1 atom stereocenters. The predicted molar refractivity (Wildman–Crippen MR) is 91.7 cm³/mol. The highest BCUT2D eigenvalue weighted by molar-refractivity contribution is 9.10. The van der Waals surface area contributed by atoms with Gasteiger partial charge >= 0.3 is 0 Å². The second kappa shape index (κ2) is 6.75. The van der Waals surface area contributed by atoms with Crippen molar-refractivity contribution in [2.45, 2.75) is 40.2 Å². The van der Waals surface area contributed by atoms with Gasteiger partial charge in [-0.3, -0.25) is 4.68 Å². The minimum absolute atomic E-state index is 0.307. The van der Waals surface area contributed by atoms with Crippen LogP contribution in [0.5, 0.6) is 0 Å². The van der Waals surface area contributed by atoms with Gasteiger partial charge in [-0.15, -0.1) is 0 Å². The Balaban J connectivity index is 2.35. The number of hydrogen-bond donors (Lipinski definition) is 1. The number of aryl methyl sites for hydroxylation is 4. The van der Waals surface area contributed by atoms with Crippen molar-refractivity contribution in [2.75, 3.05) is 6.54 Å². The van der Waals surface area contributed by atoms with Crippen molar-refractivity contribution in [3.8, 4) is 0 Å². The second-order valence-corrected chi connectivity index (χ2v) is 6.44. The van der Waals surface area contributed by atoms with Gasteiger partial charge in [-0.05, 0) is 54.4 Å². The summed E-state index contributed by atoms with van der Waals surface area (Å²) < 4.78 is 3.10. The summed E-state index contributed by atoms with van der Waals surface area (Å²) in [6.07, 6.45) is 0.926. The van der Waals surface area contributed by atoms with Crippen LogP contribution < -0.4 is 5.32 Å². The normalized spacial score (nSPS) is 12.7. The quantitative estimate of drug-likeness (QED) is 0.883. The summed E-state index contributed by atoms with van der Waals surface area (Å²) in [6.45, 7) is 9.47. The van der Waals surface area contributed by atoms with Crippen LogP contribution in [0, 0.1) is 20.8 Å². The Labute approximate surface area is 135 Å². The molecule has 0 aliphatic carbocycles. The molecule has 0 bridgehead atoms. The smallest absolute Gasteiger partial charge is 0.0738 e. The van der Waals surface area contributed by atoms with E-state index in [1.54, 1.807) is 0 Å². The van der Waals surface area contributed by atoms with Gasteiger partial charge in [0.2, 0.25) is 0 Å². The van der Waals surface area contributed by atoms with Crippen molar-refractivity contribution in [1.82, 2.24) is 15.1 Å². The maximum Gasteiger partial charge on any atom is 0.0738 e. The van der Waals surface area contributed by atoms with Crippen molar-refractivity contribution >= 4 is 15.9 Å². The molecular formula is C17H24BrN3. The lowest BCUT2D eigenvalue weighted by Crippen LogP contribution is -2.24. The molecule has 21 heavy (non-hydrogen) atoms. The monoisotopic (exact) mass is 349 g/mol. The lowest BCUT2D eigenvalue weighted by Gasteiger charge is -2.21. The van der Waals surface area contributed by atoms with E-state index >= 15 is 0 Å². The molecule has 0 aliphatic heterocycles. The van der Waals surface area contributed by atoms with Gasteiger partial charge in [0, 0.05) is 19.5 Å². The van der Waals surface area contributed by atoms with E-state index < -0.39 is 0 Å². The van der Waals surface area contributed by atoms with Gasteiger partial charge in [-0.2, -0.15) is 5.10 Å². The molecule has 3 nitrogen and oxygen atoms in total. The zero-order valence-electron chi connectivity index (χ0n) is 13.5. The van der Waals surface area contributed by atoms with Crippen LogP contribution >= 0.6 is 15.9 Å². The summed E-state index contributed by atoms with van der Waals surface area (Å²) in [5, 5.41) is 8.11. The van der Waals surface area contributed by atoms with E-state index in [-0.39, 0.29) is 0 Å². The molecule has 2 aromatic rings. The fraction of sp³-hybridized carbons (Fsp3) is 0.471. The zero-order valence-corrected chi connectivity index (χ0v) is 15.1. The SMILES string of the molecule is CCNC(Cc1c(Br)c(C)nn1C)c1ccc(C)cc1C. The molecule has 0 saturated heterocycles. The maximum absolute atomic E-state index is 4.50. The standard InChI is InChI=1S/C17H24BrN3/c1-6-19-15(14-8-7-11(2)9-12(14)3)10-16-17(18)13(4)20-21(16)5/h7-9,15,19H,6,10H2,1-5H3. The highest BCUT2D eigenvalue weighted by Gasteiger charge is 2.19. The van der Waals surface area contributed by atoms with E-state index in [1.165, 1.54) is 22.4 Å². The van der Waals surface area contributed by atoms with Gasteiger partial charge in [0.25, 0.3) is 0 Å². The van der Waals surface area contributed by atoms with E-state index in [2.05, 4.69) is 65.3 Å². The van der Waals surface area contributed by atoms with Gasteiger partial charge in [0.1, 0.15) is 0 Å². The third kappa shape index (κ3) is 3.55. The van der Waals surface area contributed by atoms with Crippen LogP contribution in [-0.2, 0) is 13.5 Å². The predicted octanol–water partition coefficient (Wildman–Crippen LogP) is 4.00. The molecule has 0 saturated carbocycles. The Bertz CT molecular complexity index is 631. The first kappa shape index (κ1) is 16.2. The Kier molecular flexibility index (Phi) is 5.22. The zero-order chi connectivity index (χ0) is 15.6. The summed E-state index contributed by atoms with van der Waals surface area (Å²) in [6, 6.07) is 7.00. The maximum atomic E-state index is 4.50. The van der Waals surface area contributed by atoms with Crippen LogP contribution in [-0.4, -0.2) is 16.3 Å². The lowest BCUT2D eigenvalue weighted by atomic mass is 9.96. The van der Waals surface area contributed by atoms with Gasteiger partial charge < -0.3 is 5.32 Å². The number of nitrogens with zero attached hydrogens (tertiary/aromatic N) is 2. The Morgan fingerprint density at radius 3 is 2.52 bits per heavy atom. The third-order valence-corrected chi connectivity index (χ3v) is 4.94. The number of nitrogens with one attached hydrogen (secondary N) is 1. The molecular weight excluding hydrogens is 326 g/mol. The van der Waals surface area contributed by atoms with Crippen LogP contribution in [0.1, 0.15) is 41.0 Å². The first-order valence-corrected chi connectivity index (χ1v) is 8.21. The molecule has 1 heterocycles. The molecule has 1 aromatic carbocycles. The molecule has 4 heteroatoms. The summed E-state index contributed by atoms with van der Waals surface area (Å²) in [7, 11) is 2.01. The van der Waals surface area contributed by atoms with E-state index in [9.17, 15) is 0 Å². The molecule has 1 unspecified atom stereocenters. The molecule has 0 radical (unpaired) electrons. The molecule has 114 valence electrons. The van der Waals surface area contributed by atoms with Crippen LogP contribution in [0.25, 0.3) is 0 Å². The van der Waals surface area contributed by atoms with Crippen LogP contribution in [0.4, 0.5) is 0 Å². The topological polar surface area (TPSA) is 29.9 Å². The van der Waals surface area contributed by atoms with Crippen LogP contribution in [0.3, 0.4) is 0 Å². The van der Waals surface area contributed by atoms with Crippen molar-refractivity contribution in [3.63, 3.8) is 0 Å². The first-order chi connectivity index (χ1) is 9.93. The number of aromatic nitrogens is 2. The highest BCUT2D eigenvalue weighted by Crippen LogP contribution is 2.27. The van der Waals surface area contributed by atoms with Crippen LogP contribution in [0.2, 0.25) is 0 Å². The molecule has 0 fully saturated rings. The molecule has 0 amide bonds. The van der Waals surface area contributed by atoms with E-state index in [1.807, 2.05) is 18.7 Å². The minimum Gasteiger partial charge on any atom is -0.310 e. The summed E-state index contributed by atoms with van der Waals surface area (Å²) >= 11 is 3.67. The van der Waals surface area contributed by atoms with Crippen LogP contribution in [0.15, 0.2) is 22.7 Å². The van der Waals surface area contributed by atoms with Crippen molar-refractivity contribution < 1.29 is 0 Å². The highest BCUT2D eigenvalue weighted by atomic mass is 79.9. The number of likely N-dealkylation sites (N-methyl/N-ethyl adjacent to an activating group) is 1. The first-order valence-electron chi connectivity index (χ1n) is 7.42. The molecule has 0 aliphatic rings. The Morgan fingerprint density at radius 2 is 2.00 bits per heavy atom. The fourth-order valence-electron chi connectivity index (χ4n) is 2.85. The van der Waals surface area contributed by atoms with Crippen molar-refractivity contribution in [2.24, 2.45) is 7.05 Å². The molecule has 0 spiro atoms. The number of hydrogen-bond acceptors (Lipinski definition) is 2. The van der Waals surface area contributed by atoms with Gasteiger partial charge in [0.15, 0.2) is 0 Å². The fourth-order valence-corrected chi connectivity index (χ4v) is 3.35. The Hall–Kier alpha value is -1.13. The summed E-state index contributed by atoms with van der Waals surface area (Å²) in [5.74, 6) is 0. The van der Waals surface area contributed by atoms with Gasteiger partial charge in [-0.25, -0.2) is 0 Å². The summed E-state index contributed by atoms with van der Waals surface area (Å²) in [5.41, 5.74) is 6.30. The molecule has 1 N–H and O–H groups in total. The van der Waals surface area contributed by atoms with Crippen molar-refractivity contribution in [1.29, 1.82) is 0 Å².